The summed E-state index contributed by atoms with van der Waals surface area (Å²) in [5, 5.41) is 9.21. The van der Waals surface area contributed by atoms with Crippen LogP contribution in [0.25, 0.3) is 0 Å². The molecule has 17 heavy (non-hydrogen) atoms. The van der Waals surface area contributed by atoms with Crippen LogP contribution in [0.4, 0.5) is 5.82 Å². The van der Waals surface area contributed by atoms with Crippen molar-refractivity contribution in [1.82, 2.24) is 4.98 Å². The van der Waals surface area contributed by atoms with Crippen molar-refractivity contribution in [3.63, 3.8) is 0 Å². The van der Waals surface area contributed by atoms with E-state index in [4.69, 9.17) is 4.74 Å². The summed E-state index contributed by atoms with van der Waals surface area (Å²) in [6.45, 7) is 4.91. The maximum atomic E-state index is 9.21. The number of aryl methyl sites for hydroxylation is 1. The van der Waals surface area contributed by atoms with Crippen molar-refractivity contribution in [2.75, 3.05) is 18.6 Å². The molecule has 0 saturated carbocycles. The molecule has 1 aromatic heterocycles. The molecule has 0 spiro atoms. The maximum Gasteiger partial charge on any atom is 0.129 e. The van der Waals surface area contributed by atoms with Gasteiger partial charge in [0.2, 0.25) is 0 Å². The summed E-state index contributed by atoms with van der Waals surface area (Å²) in [4.78, 5) is 6.68. The van der Waals surface area contributed by atoms with Gasteiger partial charge < -0.3 is 14.7 Å². The topological polar surface area (TPSA) is 45.6 Å². The first-order chi connectivity index (χ1) is 8.11. The van der Waals surface area contributed by atoms with Gasteiger partial charge in [0.05, 0.1) is 18.8 Å². The molecule has 1 aliphatic rings. The maximum absolute atomic E-state index is 9.21. The Labute approximate surface area is 102 Å². The van der Waals surface area contributed by atoms with Crippen LogP contribution in [-0.2, 0) is 11.3 Å². The highest BCUT2D eigenvalue weighted by Crippen LogP contribution is 2.23. The molecule has 1 aromatic rings. The third kappa shape index (κ3) is 2.58. The van der Waals surface area contributed by atoms with Crippen molar-refractivity contribution in [3.05, 3.63) is 23.4 Å². The van der Waals surface area contributed by atoms with Crippen LogP contribution >= 0.6 is 0 Å². The Balaban J connectivity index is 2.23. The van der Waals surface area contributed by atoms with Gasteiger partial charge in [0, 0.05) is 19.3 Å². The van der Waals surface area contributed by atoms with E-state index in [1.807, 2.05) is 26.1 Å². The first kappa shape index (κ1) is 12.3. The molecule has 2 heterocycles. The molecular formula is C13H20N2O2. The molecule has 0 amide bonds. The van der Waals surface area contributed by atoms with E-state index in [0.29, 0.717) is 6.04 Å². The molecule has 4 nitrogen and oxygen atoms in total. The minimum atomic E-state index is 0.0565. The highest BCUT2D eigenvalue weighted by Gasteiger charge is 2.28. The molecule has 4 heteroatoms. The molecule has 0 aromatic carbocycles. The number of anilines is 1. The van der Waals surface area contributed by atoms with Gasteiger partial charge in [-0.05, 0) is 38.0 Å². The Hall–Kier alpha value is -1.13. The third-order valence-corrected chi connectivity index (χ3v) is 3.38. The van der Waals surface area contributed by atoms with Crippen molar-refractivity contribution in [2.45, 2.75) is 39.0 Å². The Morgan fingerprint density at radius 2 is 2.29 bits per heavy atom. The fourth-order valence-corrected chi connectivity index (χ4v) is 2.39. The lowest BCUT2D eigenvalue weighted by atomic mass is 10.1. The zero-order valence-corrected chi connectivity index (χ0v) is 10.7. The smallest absolute Gasteiger partial charge is 0.129 e. The van der Waals surface area contributed by atoms with E-state index < -0.39 is 0 Å². The first-order valence-corrected chi connectivity index (χ1v) is 6.04. The summed E-state index contributed by atoms with van der Waals surface area (Å²) < 4.78 is 5.58. The van der Waals surface area contributed by atoms with Crippen LogP contribution in [0.2, 0.25) is 0 Å². The highest BCUT2D eigenvalue weighted by molar-refractivity contribution is 5.43. The van der Waals surface area contributed by atoms with Crippen molar-refractivity contribution >= 4 is 5.82 Å². The molecule has 0 bridgehead atoms. The Morgan fingerprint density at radius 3 is 2.88 bits per heavy atom. The summed E-state index contributed by atoms with van der Waals surface area (Å²) >= 11 is 0. The van der Waals surface area contributed by atoms with Crippen LogP contribution in [-0.4, -0.2) is 35.9 Å². The lowest BCUT2D eigenvalue weighted by Gasteiger charge is -2.28. The second-order valence-corrected chi connectivity index (χ2v) is 4.68. The van der Waals surface area contributed by atoms with Gasteiger partial charge in [-0.25, -0.2) is 4.98 Å². The van der Waals surface area contributed by atoms with Gasteiger partial charge in [-0.1, -0.05) is 0 Å². The van der Waals surface area contributed by atoms with E-state index >= 15 is 0 Å². The molecule has 1 saturated heterocycles. The SMILES string of the molecule is Cc1cc(CO)cc(N(C)C2CCOC2C)n1. The lowest BCUT2D eigenvalue weighted by molar-refractivity contribution is 0.118. The molecule has 94 valence electrons. The number of nitrogens with zero attached hydrogens (tertiary/aromatic N) is 2. The summed E-state index contributed by atoms with van der Waals surface area (Å²) in [6.07, 6.45) is 1.27. The molecule has 2 atom stereocenters. The Kier molecular flexibility index (Phi) is 3.64. The minimum Gasteiger partial charge on any atom is -0.392 e. The van der Waals surface area contributed by atoms with Crippen molar-refractivity contribution in [1.29, 1.82) is 0 Å². The first-order valence-electron chi connectivity index (χ1n) is 6.04. The molecule has 2 unspecified atom stereocenters. The number of hydrogen-bond donors (Lipinski definition) is 1. The molecule has 0 aliphatic carbocycles. The van der Waals surface area contributed by atoms with Crippen molar-refractivity contribution in [3.8, 4) is 0 Å². The van der Waals surface area contributed by atoms with Crippen LogP contribution in [0, 0.1) is 6.92 Å². The lowest BCUT2D eigenvalue weighted by Crippen LogP contribution is -2.37. The quantitative estimate of drug-likeness (QED) is 0.863. The monoisotopic (exact) mass is 236 g/mol. The zero-order chi connectivity index (χ0) is 12.4. The number of likely N-dealkylation sites (N-methyl/N-ethyl adjacent to an activating group) is 1. The Bertz CT molecular complexity index is 395. The van der Waals surface area contributed by atoms with E-state index in [1.54, 1.807) is 0 Å². The van der Waals surface area contributed by atoms with Crippen LogP contribution < -0.4 is 4.90 Å². The van der Waals surface area contributed by atoms with E-state index in [9.17, 15) is 5.11 Å². The van der Waals surface area contributed by atoms with Gasteiger partial charge >= 0.3 is 0 Å². The predicted molar refractivity (Wildman–Crippen MR) is 67.1 cm³/mol. The van der Waals surface area contributed by atoms with Gasteiger partial charge in [0.15, 0.2) is 0 Å². The standard InChI is InChI=1S/C13H20N2O2/c1-9-6-11(8-16)7-13(14-9)15(3)12-4-5-17-10(12)2/h6-7,10,12,16H,4-5,8H2,1-3H3. The highest BCUT2D eigenvalue weighted by atomic mass is 16.5. The fourth-order valence-electron chi connectivity index (χ4n) is 2.39. The van der Waals surface area contributed by atoms with Crippen LogP contribution in [0.1, 0.15) is 24.6 Å². The third-order valence-electron chi connectivity index (χ3n) is 3.38. The van der Waals surface area contributed by atoms with E-state index in [2.05, 4.69) is 16.8 Å². The number of aromatic nitrogens is 1. The number of hydrogen-bond acceptors (Lipinski definition) is 4. The predicted octanol–water partition coefficient (Wildman–Crippen LogP) is 1.50. The van der Waals surface area contributed by atoms with Crippen LogP contribution in [0.5, 0.6) is 0 Å². The van der Waals surface area contributed by atoms with Gasteiger partial charge in [0.25, 0.3) is 0 Å². The number of aliphatic hydroxyl groups is 1. The van der Waals surface area contributed by atoms with E-state index in [0.717, 1.165) is 30.1 Å². The number of ether oxygens (including phenoxy) is 1. The largest absolute Gasteiger partial charge is 0.392 e. The summed E-state index contributed by atoms with van der Waals surface area (Å²) in [6, 6.07) is 4.22. The molecule has 0 radical (unpaired) electrons. The van der Waals surface area contributed by atoms with Gasteiger partial charge in [-0.15, -0.1) is 0 Å². The number of rotatable bonds is 3. The molecular weight excluding hydrogens is 216 g/mol. The molecule has 1 aliphatic heterocycles. The van der Waals surface area contributed by atoms with Crippen LogP contribution in [0.3, 0.4) is 0 Å². The van der Waals surface area contributed by atoms with Gasteiger partial charge in [-0.2, -0.15) is 0 Å². The molecule has 1 fully saturated rings. The van der Waals surface area contributed by atoms with Gasteiger partial charge in [-0.3, -0.25) is 0 Å². The number of pyridine rings is 1. The second-order valence-electron chi connectivity index (χ2n) is 4.68. The van der Waals surface area contributed by atoms with Crippen LogP contribution in [0.15, 0.2) is 12.1 Å². The zero-order valence-electron chi connectivity index (χ0n) is 10.7. The van der Waals surface area contributed by atoms with Gasteiger partial charge in [0.1, 0.15) is 5.82 Å². The van der Waals surface area contributed by atoms with Crippen molar-refractivity contribution < 1.29 is 9.84 Å². The average Bonchev–Trinajstić information content (AvgIpc) is 2.73. The summed E-state index contributed by atoms with van der Waals surface area (Å²) in [7, 11) is 2.04. The van der Waals surface area contributed by atoms with Crippen molar-refractivity contribution in [2.24, 2.45) is 0 Å². The fraction of sp³-hybridized carbons (Fsp3) is 0.615. The summed E-state index contributed by atoms with van der Waals surface area (Å²) in [5.74, 6) is 0.913. The average molecular weight is 236 g/mol. The molecule has 1 N–H and O–H groups in total. The normalized spacial score (nSPS) is 24.0. The van der Waals surface area contributed by atoms with E-state index in [-0.39, 0.29) is 12.7 Å². The molecule has 2 rings (SSSR count). The minimum absolute atomic E-state index is 0.0565. The Morgan fingerprint density at radius 1 is 1.53 bits per heavy atom. The summed E-state index contributed by atoms with van der Waals surface area (Å²) in [5.41, 5.74) is 1.84. The second kappa shape index (κ2) is 5.02. The number of aliphatic hydroxyl groups excluding tert-OH is 1. The van der Waals surface area contributed by atoms with E-state index in [1.165, 1.54) is 0 Å².